The molecule has 0 atom stereocenters. The van der Waals surface area contributed by atoms with Gasteiger partial charge in [0.15, 0.2) is 0 Å². The van der Waals surface area contributed by atoms with E-state index in [1.165, 1.54) is 0 Å². The first-order chi connectivity index (χ1) is 5.79. The molecular weight excluding hydrogens is 154 g/mol. The molecule has 0 aliphatic heterocycles. The minimum Gasteiger partial charge on any atom is -0.472 e. The number of nitrogens with two attached hydrogens (primary N) is 1. The maximum atomic E-state index is 5.57. The standard InChI is InChI=1S/C8H9N3O/c1-5-7(10-11-8(5)9)6-2-3-12-4-6/h2-4H,1H3,(H3,9,10,11). The van der Waals surface area contributed by atoms with Crippen LogP contribution in [0.2, 0.25) is 0 Å². The van der Waals surface area contributed by atoms with Crippen LogP contribution in [0.5, 0.6) is 0 Å². The van der Waals surface area contributed by atoms with Crippen LogP contribution in [0.3, 0.4) is 0 Å². The van der Waals surface area contributed by atoms with Crippen LogP contribution >= 0.6 is 0 Å². The number of nitrogens with zero attached hydrogens (tertiary/aromatic N) is 1. The highest BCUT2D eigenvalue weighted by molar-refractivity contribution is 5.66. The highest BCUT2D eigenvalue weighted by Gasteiger charge is 2.08. The molecule has 4 nitrogen and oxygen atoms in total. The van der Waals surface area contributed by atoms with Crippen molar-refractivity contribution >= 4 is 5.82 Å². The summed E-state index contributed by atoms with van der Waals surface area (Å²) < 4.78 is 4.94. The molecular formula is C8H9N3O. The Labute approximate surface area is 69.4 Å². The molecule has 2 heterocycles. The minimum absolute atomic E-state index is 0.534. The van der Waals surface area contributed by atoms with Gasteiger partial charge in [-0.1, -0.05) is 0 Å². The summed E-state index contributed by atoms with van der Waals surface area (Å²) in [5.74, 6) is 0.534. The maximum absolute atomic E-state index is 5.57. The van der Waals surface area contributed by atoms with Gasteiger partial charge in [-0.3, -0.25) is 5.10 Å². The number of hydrogen-bond acceptors (Lipinski definition) is 3. The second kappa shape index (κ2) is 2.41. The van der Waals surface area contributed by atoms with Gasteiger partial charge in [0, 0.05) is 11.1 Å². The first-order valence-corrected chi connectivity index (χ1v) is 3.62. The summed E-state index contributed by atoms with van der Waals surface area (Å²) in [5.41, 5.74) is 8.42. The molecule has 0 radical (unpaired) electrons. The number of aromatic amines is 1. The number of furan rings is 1. The zero-order chi connectivity index (χ0) is 8.55. The molecule has 0 spiro atoms. The Balaban J connectivity index is 2.55. The fraction of sp³-hybridized carbons (Fsp3) is 0.125. The first-order valence-electron chi connectivity index (χ1n) is 3.62. The molecule has 2 aromatic rings. The number of aromatic nitrogens is 2. The smallest absolute Gasteiger partial charge is 0.148 e. The van der Waals surface area contributed by atoms with E-state index in [-0.39, 0.29) is 0 Å². The van der Waals surface area contributed by atoms with E-state index >= 15 is 0 Å². The lowest BCUT2D eigenvalue weighted by molar-refractivity contribution is 0.568. The van der Waals surface area contributed by atoms with Gasteiger partial charge in [-0.25, -0.2) is 0 Å². The number of hydrogen-bond donors (Lipinski definition) is 2. The van der Waals surface area contributed by atoms with Gasteiger partial charge >= 0.3 is 0 Å². The molecule has 0 unspecified atom stereocenters. The summed E-state index contributed by atoms with van der Waals surface area (Å²) in [6.07, 6.45) is 3.27. The van der Waals surface area contributed by atoms with E-state index in [2.05, 4.69) is 10.2 Å². The number of nitrogens with one attached hydrogen (secondary N) is 1. The van der Waals surface area contributed by atoms with Gasteiger partial charge < -0.3 is 10.2 Å². The molecule has 12 heavy (non-hydrogen) atoms. The van der Waals surface area contributed by atoms with E-state index in [0.717, 1.165) is 16.8 Å². The van der Waals surface area contributed by atoms with Crippen molar-refractivity contribution in [3.05, 3.63) is 24.2 Å². The van der Waals surface area contributed by atoms with E-state index in [0.29, 0.717) is 5.82 Å². The largest absolute Gasteiger partial charge is 0.472 e. The molecule has 0 amide bonds. The number of nitrogen functional groups attached to an aromatic ring is 1. The Morgan fingerprint density at radius 3 is 2.92 bits per heavy atom. The van der Waals surface area contributed by atoms with Gasteiger partial charge in [0.1, 0.15) is 5.82 Å². The van der Waals surface area contributed by atoms with Gasteiger partial charge in [0.2, 0.25) is 0 Å². The predicted molar refractivity (Wildman–Crippen MR) is 45.4 cm³/mol. The molecule has 0 fully saturated rings. The Morgan fingerprint density at radius 2 is 2.42 bits per heavy atom. The SMILES string of the molecule is Cc1c(N)n[nH]c1-c1ccoc1. The van der Waals surface area contributed by atoms with E-state index in [9.17, 15) is 0 Å². The van der Waals surface area contributed by atoms with Crippen LogP contribution in [0.15, 0.2) is 23.0 Å². The van der Waals surface area contributed by atoms with E-state index in [1.807, 2.05) is 13.0 Å². The third kappa shape index (κ3) is 0.887. The first kappa shape index (κ1) is 6.97. The van der Waals surface area contributed by atoms with Crippen LogP contribution < -0.4 is 5.73 Å². The lowest BCUT2D eigenvalue weighted by atomic mass is 10.1. The molecule has 0 aliphatic carbocycles. The van der Waals surface area contributed by atoms with Crippen molar-refractivity contribution in [2.75, 3.05) is 5.73 Å². The van der Waals surface area contributed by atoms with Crippen molar-refractivity contribution in [1.82, 2.24) is 10.2 Å². The van der Waals surface area contributed by atoms with Crippen LogP contribution in [0.4, 0.5) is 5.82 Å². The predicted octanol–water partition coefficient (Wildman–Crippen LogP) is 1.56. The molecule has 3 N–H and O–H groups in total. The lowest BCUT2D eigenvalue weighted by Gasteiger charge is -1.91. The average Bonchev–Trinajstić information content (AvgIpc) is 2.64. The summed E-state index contributed by atoms with van der Waals surface area (Å²) in [7, 11) is 0. The Hall–Kier alpha value is -1.71. The Bertz CT molecular complexity index is 375. The number of rotatable bonds is 1. The van der Waals surface area contributed by atoms with Crippen molar-refractivity contribution in [3.63, 3.8) is 0 Å². The van der Waals surface area contributed by atoms with Crippen molar-refractivity contribution in [3.8, 4) is 11.3 Å². The highest BCUT2D eigenvalue weighted by Crippen LogP contribution is 2.23. The topological polar surface area (TPSA) is 67.8 Å². The van der Waals surface area contributed by atoms with Crippen LogP contribution in [0.1, 0.15) is 5.56 Å². The second-order valence-corrected chi connectivity index (χ2v) is 2.62. The van der Waals surface area contributed by atoms with Crippen molar-refractivity contribution < 1.29 is 4.42 Å². The second-order valence-electron chi connectivity index (χ2n) is 2.62. The molecule has 62 valence electrons. The van der Waals surface area contributed by atoms with Crippen LogP contribution in [-0.2, 0) is 0 Å². The lowest BCUT2D eigenvalue weighted by Crippen LogP contribution is -1.85. The molecule has 0 saturated heterocycles. The van der Waals surface area contributed by atoms with Gasteiger partial charge in [0.25, 0.3) is 0 Å². The van der Waals surface area contributed by atoms with Gasteiger partial charge in [-0.05, 0) is 13.0 Å². The van der Waals surface area contributed by atoms with E-state index in [1.54, 1.807) is 12.5 Å². The van der Waals surface area contributed by atoms with E-state index < -0.39 is 0 Å². The Morgan fingerprint density at radius 1 is 1.58 bits per heavy atom. The number of H-pyrrole nitrogens is 1. The number of anilines is 1. The summed E-state index contributed by atoms with van der Waals surface area (Å²) in [5, 5.41) is 6.72. The molecule has 0 aliphatic rings. The van der Waals surface area contributed by atoms with Crippen LogP contribution in [0, 0.1) is 6.92 Å². The maximum Gasteiger partial charge on any atom is 0.148 e. The summed E-state index contributed by atoms with van der Waals surface area (Å²) in [6, 6.07) is 1.86. The van der Waals surface area contributed by atoms with Crippen molar-refractivity contribution in [2.24, 2.45) is 0 Å². The fourth-order valence-electron chi connectivity index (χ4n) is 1.10. The third-order valence-corrected chi connectivity index (χ3v) is 1.86. The Kier molecular flexibility index (Phi) is 1.40. The van der Waals surface area contributed by atoms with E-state index in [4.69, 9.17) is 10.2 Å². The van der Waals surface area contributed by atoms with Gasteiger partial charge in [-0.2, -0.15) is 5.10 Å². The average molecular weight is 163 g/mol. The molecule has 0 bridgehead atoms. The third-order valence-electron chi connectivity index (χ3n) is 1.86. The quantitative estimate of drug-likeness (QED) is 0.670. The fourth-order valence-corrected chi connectivity index (χ4v) is 1.10. The van der Waals surface area contributed by atoms with Crippen LogP contribution in [-0.4, -0.2) is 10.2 Å². The zero-order valence-electron chi connectivity index (χ0n) is 6.66. The molecule has 2 aromatic heterocycles. The summed E-state index contributed by atoms with van der Waals surface area (Å²) >= 11 is 0. The molecule has 0 aromatic carbocycles. The molecule has 0 saturated carbocycles. The monoisotopic (exact) mass is 163 g/mol. The minimum atomic E-state index is 0.534. The molecule has 2 rings (SSSR count). The highest BCUT2D eigenvalue weighted by atomic mass is 16.3. The van der Waals surface area contributed by atoms with Crippen molar-refractivity contribution in [2.45, 2.75) is 6.92 Å². The van der Waals surface area contributed by atoms with Gasteiger partial charge in [-0.15, -0.1) is 0 Å². The van der Waals surface area contributed by atoms with Crippen LogP contribution in [0.25, 0.3) is 11.3 Å². The molecule has 4 heteroatoms. The summed E-state index contributed by atoms with van der Waals surface area (Å²) in [4.78, 5) is 0. The van der Waals surface area contributed by atoms with Gasteiger partial charge in [0.05, 0.1) is 18.2 Å². The van der Waals surface area contributed by atoms with Crippen molar-refractivity contribution in [1.29, 1.82) is 0 Å². The normalized spacial score (nSPS) is 10.4. The summed E-state index contributed by atoms with van der Waals surface area (Å²) in [6.45, 7) is 1.92. The zero-order valence-corrected chi connectivity index (χ0v) is 6.66.